The van der Waals surface area contributed by atoms with Gasteiger partial charge in [-0.2, -0.15) is 0 Å². The van der Waals surface area contributed by atoms with Gasteiger partial charge in [-0.25, -0.2) is 9.37 Å². The van der Waals surface area contributed by atoms with E-state index in [1.165, 1.54) is 6.07 Å². The summed E-state index contributed by atoms with van der Waals surface area (Å²) in [5.74, 6) is -1.50. The summed E-state index contributed by atoms with van der Waals surface area (Å²) in [5, 5.41) is 12.3. The third-order valence-corrected chi connectivity index (χ3v) is 5.04. The molecule has 0 unspecified atom stereocenters. The van der Waals surface area contributed by atoms with Crippen molar-refractivity contribution in [3.8, 4) is 0 Å². The second-order valence-corrected chi connectivity index (χ2v) is 6.82. The van der Waals surface area contributed by atoms with Crippen LogP contribution in [-0.4, -0.2) is 11.0 Å². The fourth-order valence-electron chi connectivity index (χ4n) is 3.32. The van der Waals surface area contributed by atoms with E-state index in [0.29, 0.717) is 39.5 Å². The lowest BCUT2D eigenvalue weighted by Gasteiger charge is -2.13. The number of allylic oxidation sites excluding steroid dienone is 1. The van der Waals surface area contributed by atoms with Crippen molar-refractivity contribution in [1.82, 2.24) is 4.98 Å². The summed E-state index contributed by atoms with van der Waals surface area (Å²) in [7, 11) is 0. The molecule has 2 aromatic carbocycles. The van der Waals surface area contributed by atoms with Crippen molar-refractivity contribution in [3.63, 3.8) is 0 Å². The predicted molar refractivity (Wildman–Crippen MR) is 96.4 cm³/mol. The van der Waals surface area contributed by atoms with Crippen LogP contribution in [0, 0.1) is 5.82 Å². The first-order valence-corrected chi connectivity index (χ1v) is 8.63. The van der Waals surface area contributed by atoms with Crippen LogP contribution < -0.4 is 5.11 Å². The number of carbonyl (C=O) groups excluding carboxylic acids is 1. The van der Waals surface area contributed by atoms with Crippen molar-refractivity contribution in [1.29, 1.82) is 0 Å². The average Bonchev–Trinajstić information content (AvgIpc) is 2.98. The van der Waals surface area contributed by atoms with Crippen molar-refractivity contribution in [3.05, 3.63) is 75.1 Å². The number of pyridine rings is 1. The van der Waals surface area contributed by atoms with Gasteiger partial charge in [-0.15, -0.1) is 0 Å². The Balaban J connectivity index is 1.91. The van der Waals surface area contributed by atoms with E-state index in [1.54, 1.807) is 30.3 Å². The highest BCUT2D eigenvalue weighted by Crippen LogP contribution is 2.37. The molecule has 0 aliphatic heterocycles. The summed E-state index contributed by atoms with van der Waals surface area (Å²) in [5.41, 5.74) is 4.05. The molecule has 0 N–H and O–H groups in total. The molecule has 1 aliphatic rings. The van der Waals surface area contributed by atoms with Gasteiger partial charge in [0.05, 0.1) is 21.7 Å². The highest BCUT2D eigenvalue weighted by molar-refractivity contribution is 9.10. The number of fused-ring (bicyclic) bond motifs is 2. The molecular weight excluding hydrogens is 385 g/mol. The van der Waals surface area contributed by atoms with Crippen molar-refractivity contribution < 1.29 is 14.3 Å². The molecule has 25 heavy (non-hydrogen) atoms. The van der Waals surface area contributed by atoms with E-state index in [9.17, 15) is 14.3 Å². The number of aromatic nitrogens is 1. The van der Waals surface area contributed by atoms with Crippen LogP contribution in [0.5, 0.6) is 0 Å². The van der Waals surface area contributed by atoms with Gasteiger partial charge in [0, 0.05) is 10.9 Å². The van der Waals surface area contributed by atoms with Crippen LogP contribution in [0.2, 0.25) is 0 Å². The number of carbonyl (C=O) groups is 1. The Morgan fingerprint density at radius 1 is 1.20 bits per heavy atom. The molecule has 0 bridgehead atoms. The Hall–Kier alpha value is -2.53. The molecule has 1 heterocycles. The van der Waals surface area contributed by atoms with Gasteiger partial charge in [-0.1, -0.05) is 24.3 Å². The van der Waals surface area contributed by atoms with Crippen LogP contribution in [0.1, 0.15) is 33.6 Å². The fraction of sp³-hybridized carbons (Fsp3) is 0.100. The highest BCUT2D eigenvalue weighted by Gasteiger charge is 2.23. The molecule has 1 aliphatic carbocycles. The van der Waals surface area contributed by atoms with Crippen molar-refractivity contribution >= 4 is 44.5 Å². The third-order valence-electron chi connectivity index (χ3n) is 4.43. The molecular formula is C20H12BrFNO2-. The monoisotopic (exact) mass is 396 g/mol. The van der Waals surface area contributed by atoms with Crippen LogP contribution >= 0.6 is 15.9 Å². The Bertz CT molecular complexity index is 1060. The maximum absolute atomic E-state index is 13.4. The smallest absolute Gasteiger partial charge is 0.137 e. The van der Waals surface area contributed by atoms with Crippen LogP contribution in [0.3, 0.4) is 0 Å². The lowest BCUT2D eigenvalue weighted by molar-refractivity contribution is -0.254. The van der Waals surface area contributed by atoms with Crippen LogP contribution in [-0.2, 0) is 6.42 Å². The highest BCUT2D eigenvalue weighted by atomic mass is 79.9. The normalized spacial score (nSPS) is 14.9. The number of hydrogen-bond acceptors (Lipinski definition) is 3. The SMILES string of the molecule is O=C([O-])c1c2c(nc3ccccc13)/C(=C/c1ccc(F)c(Br)c1)CC2. The molecule has 3 aromatic rings. The molecule has 0 saturated heterocycles. The minimum Gasteiger partial charge on any atom is -0.545 e. The first-order valence-electron chi connectivity index (χ1n) is 7.83. The van der Waals surface area contributed by atoms with Crippen LogP contribution in [0.15, 0.2) is 46.9 Å². The quantitative estimate of drug-likeness (QED) is 0.657. The fourth-order valence-corrected chi connectivity index (χ4v) is 3.71. The summed E-state index contributed by atoms with van der Waals surface area (Å²) >= 11 is 3.18. The maximum atomic E-state index is 13.4. The van der Waals surface area contributed by atoms with E-state index >= 15 is 0 Å². The van der Waals surface area contributed by atoms with E-state index in [0.717, 1.165) is 11.1 Å². The zero-order valence-electron chi connectivity index (χ0n) is 13.1. The topological polar surface area (TPSA) is 53.0 Å². The minimum atomic E-state index is -1.18. The number of aromatic carboxylic acids is 1. The Morgan fingerprint density at radius 2 is 2.00 bits per heavy atom. The zero-order valence-corrected chi connectivity index (χ0v) is 14.6. The van der Waals surface area contributed by atoms with Gasteiger partial charge in [-0.3, -0.25) is 0 Å². The standard InChI is InChI=1S/C20H13BrFNO2/c21-15-10-11(5-8-16(15)22)9-12-6-7-14-18(20(24)25)13-3-1-2-4-17(13)23-19(12)14/h1-5,8-10H,6-7H2,(H,24,25)/p-1/b12-9+. The van der Waals surface area contributed by atoms with Gasteiger partial charge in [0.2, 0.25) is 0 Å². The van der Waals surface area contributed by atoms with Crippen molar-refractivity contribution in [2.75, 3.05) is 0 Å². The first kappa shape index (κ1) is 16.0. The van der Waals surface area contributed by atoms with Gasteiger partial charge >= 0.3 is 0 Å². The molecule has 0 radical (unpaired) electrons. The van der Waals surface area contributed by atoms with Gasteiger partial charge in [0.25, 0.3) is 0 Å². The zero-order chi connectivity index (χ0) is 17.6. The van der Waals surface area contributed by atoms with Crippen LogP contribution in [0.25, 0.3) is 22.6 Å². The Labute approximate surface area is 152 Å². The minimum absolute atomic E-state index is 0.226. The Kier molecular flexibility index (Phi) is 3.88. The maximum Gasteiger partial charge on any atom is 0.137 e. The molecule has 0 saturated carbocycles. The van der Waals surface area contributed by atoms with E-state index < -0.39 is 5.97 Å². The number of rotatable bonds is 2. The summed E-state index contributed by atoms with van der Waals surface area (Å²) in [4.78, 5) is 16.4. The van der Waals surface area contributed by atoms with Crippen molar-refractivity contribution in [2.45, 2.75) is 12.8 Å². The molecule has 124 valence electrons. The average molecular weight is 397 g/mol. The van der Waals surface area contributed by atoms with Crippen LogP contribution in [0.4, 0.5) is 4.39 Å². The second-order valence-electron chi connectivity index (χ2n) is 5.96. The summed E-state index contributed by atoms with van der Waals surface area (Å²) in [6.07, 6.45) is 3.22. The molecule has 0 atom stereocenters. The second kappa shape index (κ2) is 6.08. The number of carboxylic acid groups (broad SMARTS) is 1. The third kappa shape index (κ3) is 2.74. The number of halogens is 2. The molecule has 1 aromatic heterocycles. The number of para-hydroxylation sites is 1. The molecule has 0 fully saturated rings. The van der Waals surface area contributed by atoms with Crippen molar-refractivity contribution in [2.24, 2.45) is 0 Å². The van der Waals surface area contributed by atoms with Gasteiger partial charge < -0.3 is 9.90 Å². The molecule has 0 amide bonds. The number of nitrogens with zero attached hydrogens (tertiary/aromatic N) is 1. The van der Waals surface area contributed by atoms with E-state index in [4.69, 9.17) is 0 Å². The number of carboxylic acids is 1. The Morgan fingerprint density at radius 3 is 2.76 bits per heavy atom. The first-order chi connectivity index (χ1) is 12.0. The van der Waals surface area contributed by atoms with E-state index in [-0.39, 0.29) is 11.4 Å². The van der Waals surface area contributed by atoms with E-state index in [2.05, 4.69) is 20.9 Å². The molecule has 3 nitrogen and oxygen atoms in total. The molecule has 4 rings (SSSR count). The van der Waals surface area contributed by atoms with E-state index in [1.807, 2.05) is 12.1 Å². The lowest BCUT2D eigenvalue weighted by atomic mass is 10.0. The summed E-state index contributed by atoms with van der Waals surface area (Å²) in [6, 6.07) is 12.0. The van der Waals surface area contributed by atoms with Gasteiger partial charge in [0.15, 0.2) is 0 Å². The largest absolute Gasteiger partial charge is 0.545 e. The summed E-state index contributed by atoms with van der Waals surface area (Å²) in [6.45, 7) is 0. The lowest BCUT2D eigenvalue weighted by Crippen LogP contribution is -2.24. The molecule has 5 heteroatoms. The van der Waals surface area contributed by atoms with Gasteiger partial charge in [-0.05, 0) is 69.7 Å². The van der Waals surface area contributed by atoms with Gasteiger partial charge in [0.1, 0.15) is 5.82 Å². The summed E-state index contributed by atoms with van der Waals surface area (Å²) < 4.78 is 13.8. The molecule has 0 spiro atoms. The number of hydrogen-bond donors (Lipinski definition) is 0. The number of benzene rings is 2. The predicted octanol–water partition coefficient (Wildman–Crippen LogP) is 3.99.